The van der Waals surface area contributed by atoms with Crippen LogP contribution in [0.25, 0.3) is 0 Å². The zero-order valence-electron chi connectivity index (χ0n) is 64.4. The predicted molar refractivity (Wildman–Crippen MR) is 414 cm³/mol. The van der Waals surface area contributed by atoms with Gasteiger partial charge in [0.15, 0.2) is 87.3 Å². The van der Waals surface area contributed by atoms with E-state index < -0.39 is 150 Å². The molecule has 0 fully saturated rings. The van der Waals surface area contributed by atoms with Crippen molar-refractivity contribution in [2.24, 2.45) is 17.8 Å². The normalized spacial score (nSPS) is 10.6. The van der Waals surface area contributed by atoms with Gasteiger partial charge in [0.1, 0.15) is 0 Å². The van der Waals surface area contributed by atoms with Crippen LogP contribution in [0.15, 0.2) is 115 Å². The molecule has 8 aromatic carbocycles. The molecule has 0 amide bonds. The minimum absolute atomic E-state index is 0.139. The van der Waals surface area contributed by atoms with Crippen molar-refractivity contribution in [2.75, 3.05) is 7.11 Å². The van der Waals surface area contributed by atoms with E-state index in [-0.39, 0.29) is 28.3 Å². The van der Waals surface area contributed by atoms with E-state index in [4.69, 9.17) is 4.65 Å². The molecule has 560 valence electrons. The molecule has 0 heterocycles. The van der Waals surface area contributed by atoms with E-state index in [1.165, 1.54) is 40.3 Å². The van der Waals surface area contributed by atoms with Gasteiger partial charge < -0.3 is 8.97 Å². The van der Waals surface area contributed by atoms with Gasteiger partial charge in [0.2, 0.25) is 0 Å². The van der Waals surface area contributed by atoms with Crippen LogP contribution in [0.2, 0.25) is 61.7 Å². The van der Waals surface area contributed by atoms with Gasteiger partial charge >= 0.3 is 35.3 Å². The third kappa shape index (κ3) is 28.1. The molecule has 8 aromatic rings. The first-order valence-electron chi connectivity index (χ1n) is 35.8. The lowest BCUT2D eigenvalue weighted by Crippen LogP contribution is -2.60. The Labute approximate surface area is 632 Å². The monoisotopic (exact) mass is 1540 g/mol. The summed E-state index contributed by atoms with van der Waals surface area (Å²) in [6.07, 6.45) is 2.26. The molecule has 0 aliphatic carbocycles. The van der Waals surface area contributed by atoms with E-state index in [1.54, 1.807) is 23.0 Å². The van der Waals surface area contributed by atoms with Crippen LogP contribution in [0, 0.1) is 147 Å². The maximum Gasteiger partial charge on any atom is 0.414 e. The minimum Gasteiger partial charge on any atom is -0.439 e. The van der Waals surface area contributed by atoms with Crippen molar-refractivity contribution in [3.63, 3.8) is 0 Å². The standard InChI is InChI=1S/C18H22BF.3C6F5.3C6H5.C5H13BO.3C4H9.3C2H5.3CH3.5Al/c1-11-7-13(3)17(14(4)8-11)19(20)18-15(5)9-12(2)10-16(18)6;3*7-2-1-3(8)5(10)6(11)4(2)9;3*1-2-4-6-5-3-1;1-4-6(5-2)7-3;3*1-4(2)3;3*1-2;;;;;;;;/h7-10H,1-6H3;;;;3*1-5H;4-5H2,1-3H3;3*4H,1H2,2-3H3;3*1H2,2H3;3*1H3;;;;;. The lowest BCUT2D eigenvalue weighted by atomic mass is 9.53. The summed E-state index contributed by atoms with van der Waals surface area (Å²) in [6, 6.07) is 40.9. The molecule has 0 unspecified atom stereocenters. The summed E-state index contributed by atoms with van der Waals surface area (Å²) in [4.78, 5) is 0. The summed E-state index contributed by atoms with van der Waals surface area (Å²) >= 11 is -7.99. The van der Waals surface area contributed by atoms with Crippen LogP contribution in [0.3, 0.4) is 0 Å². The molecule has 0 spiro atoms. The van der Waals surface area contributed by atoms with Gasteiger partial charge in [-0.05, 0) is 65.7 Å². The van der Waals surface area contributed by atoms with Crippen LogP contribution in [-0.4, -0.2) is 91.8 Å². The zero-order chi connectivity index (χ0) is 79.3. The number of halogens is 16. The van der Waals surface area contributed by atoms with Gasteiger partial charge in [-0.1, -0.05) is 300 Å². The van der Waals surface area contributed by atoms with Crippen LogP contribution in [-0.2, 0) is 4.65 Å². The van der Waals surface area contributed by atoms with Gasteiger partial charge in [0.05, 0.1) is 0 Å². The van der Waals surface area contributed by atoms with Crippen LogP contribution >= 0.6 is 0 Å². The molecular weight excluding hydrogens is 1440 g/mol. The first-order valence-corrected chi connectivity index (χ1v) is 47.6. The summed E-state index contributed by atoms with van der Waals surface area (Å²) in [5, 5.41) is 9.14. The summed E-state index contributed by atoms with van der Waals surface area (Å²) in [5.74, 6) is -34.9. The second kappa shape index (κ2) is 47.4. The smallest absolute Gasteiger partial charge is 0.414 e. The third-order valence-corrected chi connectivity index (χ3v) is 32.1. The molecule has 0 N–H and O–H groups in total. The van der Waals surface area contributed by atoms with Crippen LogP contribution in [0.5, 0.6) is 0 Å². The summed E-state index contributed by atoms with van der Waals surface area (Å²) in [6.45, 7) is 37.1. The molecule has 0 saturated carbocycles. The number of hydrogen-bond acceptors (Lipinski definition) is 1. The van der Waals surface area contributed by atoms with E-state index in [0.717, 1.165) is 63.6 Å². The van der Waals surface area contributed by atoms with Gasteiger partial charge in [0, 0.05) is 7.11 Å². The van der Waals surface area contributed by atoms with E-state index >= 15 is 4.32 Å². The number of aryl methyl sites for hydroxylation is 6. The minimum atomic E-state index is -5.96. The van der Waals surface area contributed by atoms with Gasteiger partial charge in [0.25, 0.3) is 49.4 Å². The Bertz CT molecular complexity index is 3420. The Morgan fingerprint density at radius 1 is 0.337 bits per heavy atom. The fourth-order valence-electron chi connectivity index (χ4n) is 12.7. The maximum atomic E-state index is 15.2. The van der Waals surface area contributed by atoms with E-state index in [0.29, 0.717) is 6.92 Å². The molecule has 1 nitrogen and oxygen atoms in total. The van der Waals surface area contributed by atoms with E-state index in [1.807, 2.05) is 27.7 Å². The highest BCUT2D eigenvalue weighted by molar-refractivity contribution is 6.96. The fourth-order valence-corrected chi connectivity index (χ4v) is 25.1. The molecule has 0 atom stereocenters. The molecule has 0 bridgehead atoms. The molecule has 0 saturated heterocycles. The molecule has 0 aromatic heterocycles. The SMILES string of the molecule is CC(C)[CH2][Al]([CH2]C(C)C)[CH2]C(C)C.CCB(CC)OC.C[CH2][Al]([CH2]C)[CH2]C.Cc1cc(C)c(B(F)c2c(C)cc(C)cc2C)c(C)c1.Fc1c(F)c(F)[c]([Al]([c]2c(F)c(F)c(F)c(F)c2F)[c]2c(F)c(F)c(F)c(F)c2F)c(F)c1F.[CH3][Al]([CH3])[CH3].c1cc[c]([Al]([c]2ccccc2)[c]2ccccc2)cc1. The second-order valence-electron chi connectivity index (χ2n) is 28.3. The van der Waals surface area contributed by atoms with Crippen molar-refractivity contribution in [2.45, 2.75) is 179 Å². The Balaban J connectivity index is 0.000000454. The topological polar surface area (TPSA) is 9.23 Å². The Morgan fingerprint density at radius 2 is 0.548 bits per heavy atom. The van der Waals surface area contributed by atoms with E-state index in [2.05, 4.69) is 223 Å². The van der Waals surface area contributed by atoms with Crippen molar-refractivity contribution in [3.05, 3.63) is 236 Å². The molecule has 0 aliphatic heterocycles. The Morgan fingerprint density at radius 3 is 0.712 bits per heavy atom. The highest BCUT2D eigenvalue weighted by atomic mass is 27.2. The molecule has 24 heteroatoms. The van der Waals surface area contributed by atoms with Crippen LogP contribution in [0.4, 0.5) is 70.2 Å². The molecule has 104 heavy (non-hydrogen) atoms. The molecule has 0 radical (unpaired) electrons. The van der Waals surface area contributed by atoms with Gasteiger partial charge in [-0.2, -0.15) is 0 Å². The first-order chi connectivity index (χ1) is 48.8. The second-order valence-corrected chi connectivity index (χ2v) is 44.5. The van der Waals surface area contributed by atoms with Gasteiger partial charge in [-0.25, -0.2) is 65.9 Å². The number of benzene rings is 8. The van der Waals surface area contributed by atoms with Crippen molar-refractivity contribution in [3.8, 4) is 0 Å². The highest BCUT2D eigenvalue weighted by Crippen LogP contribution is 2.25. The van der Waals surface area contributed by atoms with Gasteiger partial charge in [-0.15, -0.1) is 17.4 Å². The van der Waals surface area contributed by atoms with Crippen LogP contribution < -0.4 is 37.5 Å². The summed E-state index contributed by atoms with van der Waals surface area (Å²) < 4.78 is 226. The molecule has 8 rings (SSSR count). The van der Waals surface area contributed by atoms with Gasteiger partial charge in [-0.3, -0.25) is 0 Å². The lowest BCUT2D eigenvalue weighted by molar-refractivity contribution is 0.380. The number of rotatable bonds is 20. The lowest BCUT2D eigenvalue weighted by Gasteiger charge is -2.20. The Kier molecular flexibility index (Phi) is 43.5. The van der Waals surface area contributed by atoms with Crippen molar-refractivity contribution in [1.82, 2.24) is 0 Å². The summed E-state index contributed by atoms with van der Waals surface area (Å²) in [5.41, 5.74) is 8.17. The van der Waals surface area contributed by atoms with Crippen molar-refractivity contribution in [1.29, 1.82) is 0 Å². The largest absolute Gasteiger partial charge is 0.439 e. The molecule has 0 aliphatic rings. The Hall–Kier alpha value is -4.61. The molecular formula is C80H101Al5B2F16O. The average Bonchev–Trinajstić information content (AvgIpc) is 0.730. The first kappa shape index (κ1) is 95.5. The highest BCUT2D eigenvalue weighted by Gasteiger charge is 2.47. The zero-order valence-corrected chi connectivity index (χ0v) is 70.1. The summed E-state index contributed by atoms with van der Waals surface area (Å²) in [7, 11) is 1.76. The van der Waals surface area contributed by atoms with Crippen molar-refractivity contribution < 1.29 is 74.8 Å². The average molecular weight is 1540 g/mol. The van der Waals surface area contributed by atoms with E-state index in [9.17, 15) is 65.9 Å². The maximum absolute atomic E-state index is 15.2. The van der Waals surface area contributed by atoms with Crippen molar-refractivity contribution >= 4 is 122 Å². The quantitative estimate of drug-likeness (QED) is 0.0320. The van der Waals surface area contributed by atoms with Crippen LogP contribution in [0.1, 0.15) is 110 Å². The number of hydrogen-bond donors (Lipinski definition) is 0. The third-order valence-electron chi connectivity index (χ3n) is 17.4. The fraction of sp³-hybridized carbons (Fsp3) is 0.400. The predicted octanol–water partition coefficient (Wildman–Crippen LogP) is 20.1.